The van der Waals surface area contributed by atoms with Crippen molar-refractivity contribution in [2.24, 2.45) is 0 Å². The molecule has 0 radical (unpaired) electrons. The number of amides is 1. The Morgan fingerprint density at radius 3 is 2.72 bits per heavy atom. The third-order valence-corrected chi connectivity index (χ3v) is 3.67. The molecule has 25 heavy (non-hydrogen) atoms. The number of hydrogen-bond acceptors (Lipinski definition) is 6. The molecule has 0 unspecified atom stereocenters. The lowest BCUT2D eigenvalue weighted by Gasteiger charge is -2.12. The Balaban J connectivity index is 2.08. The lowest BCUT2D eigenvalue weighted by Crippen LogP contribution is -2.18. The number of ether oxygens (including phenoxy) is 2. The van der Waals surface area contributed by atoms with Crippen LogP contribution in [0.25, 0.3) is 0 Å². The fourth-order valence-electron chi connectivity index (χ4n) is 2.24. The van der Waals surface area contributed by atoms with E-state index in [1.54, 1.807) is 38.2 Å². The van der Waals surface area contributed by atoms with Crippen molar-refractivity contribution < 1.29 is 19.2 Å². The predicted octanol–water partition coefficient (Wildman–Crippen LogP) is 2.77. The third-order valence-electron chi connectivity index (χ3n) is 3.67. The van der Waals surface area contributed by atoms with Gasteiger partial charge in [-0.3, -0.25) is 14.9 Å². The number of aromatic nitrogens is 1. The van der Waals surface area contributed by atoms with Gasteiger partial charge in [0.1, 0.15) is 24.8 Å². The van der Waals surface area contributed by atoms with E-state index in [0.717, 1.165) is 11.1 Å². The first-order valence-electron chi connectivity index (χ1n) is 7.53. The fraction of sp³-hybridized carbons (Fsp3) is 0.294. The summed E-state index contributed by atoms with van der Waals surface area (Å²) in [6.07, 6.45) is 1.56. The fourth-order valence-corrected chi connectivity index (χ4v) is 2.24. The predicted molar refractivity (Wildman–Crippen MR) is 91.6 cm³/mol. The van der Waals surface area contributed by atoms with Gasteiger partial charge in [-0.05, 0) is 37.6 Å². The number of carbonyl (C=O) groups is 1. The van der Waals surface area contributed by atoms with Crippen LogP contribution in [-0.4, -0.2) is 29.5 Å². The number of benzene rings is 1. The van der Waals surface area contributed by atoms with Gasteiger partial charge < -0.3 is 14.8 Å². The van der Waals surface area contributed by atoms with Crippen LogP contribution in [0.2, 0.25) is 0 Å². The molecule has 1 N–H and O–H groups in total. The second kappa shape index (κ2) is 8.20. The lowest BCUT2D eigenvalue weighted by molar-refractivity contribution is -0.385. The van der Waals surface area contributed by atoms with E-state index in [9.17, 15) is 14.9 Å². The van der Waals surface area contributed by atoms with Gasteiger partial charge in [0.2, 0.25) is 0 Å². The van der Waals surface area contributed by atoms with E-state index >= 15 is 0 Å². The van der Waals surface area contributed by atoms with Crippen LogP contribution >= 0.6 is 0 Å². The zero-order valence-electron chi connectivity index (χ0n) is 14.2. The molecule has 8 nitrogen and oxygen atoms in total. The van der Waals surface area contributed by atoms with E-state index in [1.807, 2.05) is 0 Å². The van der Waals surface area contributed by atoms with Crippen LogP contribution in [0, 0.1) is 24.0 Å². The second-order valence-electron chi connectivity index (χ2n) is 5.41. The van der Waals surface area contributed by atoms with Crippen molar-refractivity contribution in [3.05, 3.63) is 57.3 Å². The van der Waals surface area contributed by atoms with Crippen molar-refractivity contribution in [3.8, 4) is 5.75 Å². The summed E-state index contributed by atoms with van der Waals surface area (Å²) in [5.74, 6) is 0.680. The third kappa shape index (κ3) is 4.74. The van der Waals surface area contributed by atoms with Crippen LogP contribution in [0.5, 0.6) is 5.75 Å². The van der Waals surface area contributed by atoms with Crippen LogP contribution in [0.1, 0.15) is 16.7 Å². The van der Waals surface area contributed by atoms with Crippen LogP contribution < -0.4 is 10.1 Å². The number of rotatable bonds is 7. The van der Waals surface area contributed by atoms with Gasteiger partial charge in [0.05, 0.1) is 4.92 Å². The molecule has 0 aliphatic carbocycles. The maximum atomic E-state index is 11.5. The molecule has 0 aliphatic rings. The molecule has 1 aromatic heterocycles. The highest BCUT2D eigenvalue weighted by Gasteiger charge is 2.15. The largest absolute Gasteiger partial charge is 0.489 e. The summed E-state index contributed by atoms with van der Waals surface area (Å²) in [5, 5.41) is 13.6. The van der Waals surface area contributed by atoms with E-state index in [0.29, 0.717) is 17.1 Å². The van der Waals surface area contributed by atoms with Crippen LogP contribution in [0.4, 0.5) is 11.5 Å². The zero-order chi connectivity index (χ0) is 18.4. The average molecular weight is 345 g/mol. The molecule has 8 heteroatoms. The van der Waals surface area contributed by atoms with Gasteiger partial charge in [0, 0.05) is 30.5 Å². The Morgan fingerprint density at radius 2 is 2.04 bits per heavy atom. The molecular weight excluding hydrogens is 326 g/mol. The van der Waals surface area contributed by atoms with Gasteiger partial charge in [-0.25, -0.2) is 4.98 Å². The Kier molecular flexibility index (Phi) is 6.02. The molecule has 0 spiro atoms. The number of hydrogen-bond donors (Lipinski definition) is 1. The SMILES string of the molecule is COCC(=O)Nc1cc(COc2ccc([N+](=O)[O-])c(C)c2C)ccn1. The first-order valence-corrected chi connectivity index (χ1v) is 7.53. The maximum Gasteiger partial charge on any atom is 0.272 e. The van der Waals surface area contributed by atoms with Gasteiger partial charge in [0.15, 0.2) is 0 Å². The minimum atomic E-state index is -0.413. The van der Waals surface area contributed by atoms with Gasteiger partial charge in [-0.1, -0.05) is 0 Å². The zero-order valence-corrected chi connectivity index (χ0v) is 14.2. The molecule has 1 amide bonds. The molecule has 0 atom stereocenters. The summed E-state index contributed by atoms with van der Waals surface area (Å²) in [6.45, 7) is 3.66. The monoisotopic (exact) mass is 345 g/mol. The number of nitro benzene ring substituents is 1. The Labute approximate surface area is 144 Å². The number of pyridine rings is 1. The number of nitrogens with zero attached hydrogens (tertiary/aromatic N) is 2. The van der Waals surface area contributed by atoms with Crippen LogP contribution in [-0.2, 0) is 16.1 Å². The number of nitro groups is 1. The Morgan fingerprint density at radius 1 is 1.28 bits per heavy atom. The van der Waals surface area contributed by atoms with Gasteiger partial charge >= 0.3 is 0 Å². The van der Waals surface area contributed by atoms with Crippen molar-refractivity contribution in [2.75, 3.05) is 19.0 Å². The van der Waals surface area contributed by atoms with Crippen molar-refractivity contribution >= 4 is 17.4 Å². The van der Waals surface area contributed by atoms with E-state index in [-0.39, 0.29) is 24.8 Å². The standard InChI is InChI=1S/C17H19N3O5/c1-11-12(2)15(5-4-14(11)20(22)23)25-9-13-6-7-18-16(8-13)19-17(21)10-24-3/h4-8H,9-10H2,1-3H3,(H,18,19,21). The van der Waals surface area contributed by atoms with Crippen molar-refractivity contribution in [1.82, 2.24) is 4.98 Å². The number of nitrogens with one attached hydrogen (secondary N) is 1. The quantitative estimate of drug-likeness (QED) is 0.611. The summed E-state index contributed by atoms with van der Waals surface area (Å²) in [6, 6.07) is 6.48. The molecular formula is C17H19N3O5. The average Bonchev–Trinajstić information content (AvgIpc) is 2.56. The van der Waals surface area contributed by atoms with Gasteiger partial charge in [-0.15, -0.1) is 0 Å². The van der Waals surface area contributed by atoms with Crippen molar-refractivity contribution in [2.45, 2.75) is 20.5 Å². The highest BCUT2D eigenvalue weighted by Crippen LogP contribution is 2.29. The molecule has 0 saturated heterocycles. The van der Waals surface area contributed by atoms with Crippen LogP contribution in [0.15, 0.2) is 30.5 Å². The van der Waals surface area contributed by atoms with E-state index < -0.39 is 4.92 Å². The van der Waals surface area contributed by atoms with Gasteiger partial charge in [0.25, 0.3) is 11.6 Å². The summed E-state index contributed by atoms with van der Waals surface area (Å²) in [7, 11) is 1.44. The van der Waals surface area contributed by atoms with Crippen molar-refractivity contribution in [3.63, 3.8) is 0 Å². The molecule has 132 valence electrons. The smallest absolute Gasteiger partial charge is 0.272 e. The number of carbonyl (C=O) groups excluding carboxylic acids is 1. The minimum absolute atomic E-state index is 0.0519. The van der Waals surface area contributed by atoms with Crippen LogP contribution in [0.3, 0.4) is 0 Å². The van der Waals surface area contributed by atoms with E-state index in [2.05, 4.69) is 10.3 Å². The highest BCUT2D eigenvalue weighted by atomic mass is 16.6. The van der Waals surface area contributed by atoms with Gasteiger partial charge in [-0.2, -0.15) is 0 Å². The Bertz CT molecular complexity index is 792. The van der Waals surface area contributed by atoms with E-state index in [4.69, 9.17) is 9.47 Å². The maximum absolute atomic E-state index is 11.5. The first kappa shape index (κ1) is 18.3. The molecule has 2 rings (SSSR count). The number of methoxy groups -OCH3 is 1. The molecule has 0 fully saturated rings. The summed E-state index contributed by atoms with van der Waals surface area (Å²) in [4.78, 5) is 26.1. The van der Waals surface area contributed by atoms with E-state index in [1.165, 1.54) is 13.2 Å². The normalized spacial score (nSPS) is 10.4. The van der Waals surface area contributed by atoms with Crippen molar-refractivity contribution in [1.29, 1.82) is 0 Å². The summed E-state index contributed by atoms with van der Waals surface area (Å²) >= 11 is 0. The lowest BCUT2D eigenvalue weighted by atomic mass is 10.1. The topological polar surface area (TPSA) is 104 Å². The molecule has 0 aliphatic heterocycles. The summed E-state index contributed by atoms with van der Waals surface area (Å²) < 4.78 is 10.5. The second-order valence-corrected chi connectivity index (χ2v) is 5.41. The first-order chi connectivity index (χ1) is 11.9. The number of anilines is 1. The Hall–Kier alpha value is -3.00. The highest BCUT2D eigenvalue weighted by molar-refractivity contribution is 5.90. The molecule has 0 saturated carbocycles. The summed E-state index contributed by atoms with van der Waals surface area (Å²) in [5.41, 5.74) is 2.16. The molecule has 1 aromatic carbocycles. The molecule has 0 bridgehead atoms. The molecule has 1 heterocycles. The minimum Gasteiger partial charge on any atom is -0.489 e. The molecule has 2 aromatic rings.